The number of hydrogen-bond donors (Lipinski definition) is 4. The number of aromatic nitrogens is 3. The van der Waals surface area contributed by atoms with Gasteiger partial charge in [-0.2, -0.15) is 9.61 Å². The van der Waals surface area contributed by atoms with E-state index in [4.69, 9.17) is 16.6 Å². The summed E-state index contributed by atoms with van der Waals surface area (Å²) in [6.07, 6.45) is 6.20. The Balaban J connectivity index is 1.78. The van der Waals surface area contributed by atoms with Crippen LogP contribution in [0.2, 0.25) is 5.02 Å². The zero-order valence-electron chi connectivity index (χ0n) is 17.8. The van der Waals surface area contributed by atoms with Crippen molar-refractivity contribution in [1.82, 2.24) is 25.2 Å². The summed E-state index contributed by atoms with van der Waals surface area (Å²) in [4.78, 5) is 28.1. The van der Waals surface area contributed by atoms with E-state index in [1.165, 1.54) is 0 Å². The first kappa shape index (κ1) is 21.6. The normalized spacial score (nSPS) is 15.7. The van der Waals surface area contributed by atoms with Crippen LogP contribution >= 0.6 is 11.6 Å². The van der Waals surface area contributed by atoms with Crippen LogP contribution in [-0.2, 0) is 4.79 Å². The van der Waals surface area contributed by atoms with E-state index in [9.17, 15) is 9.59 Å². The Labute approximate surface area is 190 Å². The van der Waals surface area contributed by atoms with Gasteiger partial charge in [-0.1, -0.05) is 37.9 Å². The minimum absolute atomic E-state index is 0.145. The molecule has 4 rings (SSSR count). The third-order valence-electron chi connectivity index (χ3n) is 5.10. The van der Waals surface area contributed by atoms with Crippen molar-refractivity contribution in [2.75, 3.05) is 10.6 Å². The third-order valence-corrected chi connectivity index (χ3v) is 5.33. The Morgan fingerprint density at radius 1 is 1.22 bits per heavy atom. The van der Waals surface area contributed by atoms with Crippen molar-refractivity contribution < 1.29 is 9.59 Å². The van der Waals surface area contributed by atoms with Gasteiger partial charge in [0.15, 0.2) is 5.65 Å². The van der Waals surface area contributed by atoms with Gasteiger partial charge < -0.3 is 16.0 Å². The first-order valence-electron chi connectivity index (χ1n) is 10.5. The van der Waals surface area contributed by atoms with Crippen molar-refractivity contribution in [3.63, 3.8) is 0 Å². The Kier molecular flexibility index (Phi) is 6.27. The summed E-state index contributed by atoms with van der Waals surface area (Å²) in [7, 11) is 0. The van der Waals surface area contributed by atoms with Crippen LogP contribution in [0, 0.1) is 0 Å². The predicted molar refractivity (Wildman–Crippen MR) is 125 cm³/mol. The van der Waals surface area contributed by atoms with Gasteiger partial charge in [-0.25, -0.2) is 9.78 Å². The lowest BCUT2D eigenvalue weighted by atomic mass is 10.1. The van der Waals surface area contributed by atoms with Crippen LogP contribution in [-0.4, -0.2) is 32.6 Å². The standard InChI is InChI=1S/C22H24ClN7O2/c1-3-6-15(4-2)26-19-11-18(25-16-8-5-7-14(23)10-16)28-20-13(12-24-30(19)20)9-17-21(31)29-22(32)27-17/h5,7-12,15,26H,3-4,6H2,1-2H3,(H,25,28)(H2,27,29,31,32)/b17-9-. The average molecular weight is 454 g/mol. The smallest absolute Gasteiger partial charge is 0.326 e. The fourth-order valence-electron chi connectivity index (χ4n) is 3.54. The third kappa shape index (κ3) is 4.67. The molecule has 0 saturated carbocycles. The van der Waals surface area contributed by atoms with E-state index < -0.39 is 11.9 Å². The second kappa shape index (κ2) is 9.27. The molecule has 1 fully saturated rings. The summed E-state index contributed by atoms with van der Waals surface area (Å²) < 4.78 is 1.70. The molecule has 1 unspecified atom stereocenters. The van der Waals surface area contributed by atoms with E-state index in [1.54, 1.807) is 22.9 Å². The molecule has 3 heterocycles. The second-order valence-electron chi connectivity index (χ2n) is 7.50. The van der Waals surface area contributed by atoms with Gasteiger partial charge in [-0.3, -0.25) is 10.1 Å². The fourth-order valence-corrected chi connectivity index (χ4v) is 3.73. The number of fused-ring (bicyclic) bond motifs is 1. The van der Waals surface area contributed by atoms with Crippen LogP contribution in [0.15, 0.2) is 42.2 Å². The van der Waals surface area contributed by atoms with E-state index in [0.29, 0.717) is 22.1 Å². The minimum Gasteiger partial charge on any atom is -0.367 e. The summed E-state index contributed by atoms with van der Waals surface area (Å²) in [5, 5.41) is 16.6. The van der Waals surface area contributed by atoms with Crippen molar-refractivity contribution in [1.29, 1.82) is 0 Å². The number of imide groups is 1. The van der Waals surface area contributed by atoms with Crippen LogP contribution < -0.4 is 21.3 Å². The lowest BCUT2D eigenvalue weighted by Crippen LogP contribution is -2.22. The maximum absolute atomic E-state index is 12.0. The summed E-state index contributed by atoms with van der Waals surface area (Å²) in [5.41, 5.74) is 2.07. The molecule has 0 bridgehead atoms. The number of carbonyl (C=O) groups is 2. The number of nitrogens with zero attached hydrogens (tertiary/aromatic N) is 3. The van der Waals surface area contributed by atoms with Gasteiger partial charge in [-0.15, -0.1) is 0 Å². The van der Waals surface area contributed by atoms with E-state index in [0.717, 1.165) is 30.8 Å². The molecule has 1 saturated heterocycles. The van der Waals surface area contributed by atoms with Crippen LogP contribution in [0.3, 0.4) is 0 Å². The quantitative estimate of drug-likeness (QED) is 0.299. The van der Waals surface area contributed by atoms with Gasteiger partial charge in [0.2, 0.25) is 0 Å². The Morgan fingerprint density at radius 2 is 2.06 bits per heavy atom. The molecule has 0 aliphatic carbocycles. The molecule has 3 aromatic rings. The van der Waals surface area contributed by atoms with Crippen molar-refractivity contribution in [2.24, 2.45) is 0 Å². The Bertz CT molecular complexity index is 1200. The summed E-state index contributed by atoms with van der Waals surface area (Å²) >= 11 is 6.12. The zero-order valence-corrected chi connectivity index (χ0v) is 18.5. The number of benzene rings is 1. The lowest BCUT2D eigenvalue weighted by molar-refractivity contribution is -0.115. The molecule has 1 aliphatic rings. The monoisotopic (exact) mass is 453 g/mol. The number of carbonyl (C=O) groups excluding carboxylic acids is 2. The van der Waals surface area contributed by atoms with Gasteiger partial charge >= 0.3 is 6.03 Å². The molecule has 10 heteroatoms. The van der Waals surface area contributed by atoms with Crippen molar-refractivity contribution in [3.05, 3.63) is 52.8 Å². The maximum atomic E-state index is 12.0. The van der Waals surface area contributed by atoms with Crippen LogP contribution in [0.5, 0.6) is 0 Å². The molecule has 1 aromatic carbocycles. The summed E-state index contributed by atoms with van der Waals surface area (Å²) in [5.74, 6) is 0.868. The lowest BCUT2D eigenvalue weighted by Gasteiger charge is -2.19. The number of amides is 3. The number of anilines is 3. The molecule has 0 spiro atoms. The predicted octanol–water partition coefficient (Wildman–Crippen LogP) is 4.30. The maximum Gasteiger partial charge on any atom is 0.326 e. The van der Waals surface area contributed by atoms with Gasteiger partial charge in [0, 0.05) is 28.4 Å². The SMILES string of the molecule is CCCC(CC)Nc1cc(Nc2cccc(Cl)c2)nc2c(/C=C3\NC(=O)NC3=O)cnn12. The van der Waals surface area contributed by atoms with Gasteiger partial charge in [0.25, 0.3) is 5.91 Å². The average Bonchev–Trinajstić information content (AvgIpc) is 3.30. The molecule has 3 amide bonds. The molecule has 32 heavy (non-hydrogen) atoms. The number of hydrogen-bond acceptors (Lipinski definition) is 6. The molecule has 1 atom stereocenters. The first-order valence-corrected chi connectivity index (χ1v) is 10.9. The molecule has 2 aromatic heterocycles. The van der Waals surface area contributed by atoms with Crippen LogP contribution in [0.25, 0.3) is 11.7 Å². The zero-order chi connectivity index (χ0) is 22.7. The van der Waals surface area contributed by atoms with Crippen LogP contribution in [0.4, 0.5) is 22.1 Å². The van der Waals surface area contributed by atoms with E-state index in [2.05, 4.69) is 40.2 Å². The number of nitrogens with one attached hydrogen (secondary N) is 4. The molecular formula is C22H24ClN7O2. The molecule has 166 valence electrons. The first-order chi connectivity index (χ1) is 15.5. The Hall–Kier alpha value is -3.59. The van der Waals surface area contributed by atoms with Crippen molar-refractivity contribution >= 4 is 52.6 Å². The highest BCUT2D eigenvalue weighted by Gasteiger charge is 2.24. The van der Waals surface area contributed by atoms with E-state index in [-0.39, 0.29) is 11.7 Å². The van der Waals surface area contributed by atoms with Gasteiger partial charge in [-0.05, 0) is 37.1 Å². The molecule has 0 radical (unpaired) electrons. The Morgan fingerprint density at radius 3 is 2.75 bits per heavy atom. The topological polar surface area (TPSA) is 112 Å². The number of halogens is 1. The largest absolute Gasteiger partial charge is 0.367 e. The fraction of sp³-hybridized carbons (Fsp3) is 0.273. The highest BCUT2D eigenvalue weighted by Crippen LogP contribution is 2.25. The highest BCUT2D eigenvalue weighted by molar-refractivity contribution is 6.30. The minimum atomic E-state index is -0.554. The van der Waals surface area contributed by atoms with E-state index >= 15 is 0 Å². The van der Waals surface area contributed by atoms with Crippen LogP contribution in [0.1, 0.15) is 38.7 Å². The van der Waals surface area contributed by atoms with Crippen molar-refractivity contribution in [2.45, 2.75) is 39.2 Å². The molecule has 4 N–H and O–H groups in total. The summed E-state index contributed by atoms with van der Waals surface area (Å²) in [6.45, 7) is 4.29. The highest BCUT2D eigenvalue weighted by atomic mass is 35.5. The van der Waals surface area contributed by atoms with Crippen molar-refractivity contribution in [3.8, 4) is 0 Å². The van der Waals surface area contributed by atoms with Gasteiger partial charge in [0.1, 0.15) is 17.3 Å². The van der Waals surface area contributed by atoms with Gasteiger partial charge in [0.05, 0.1) is 6.20 Å². The number of rotatable bonds is 8. The number of urea groups is 1. The van der Waals surface area contributed by atoms with E-state index in [1.807, 2.05) is 24.3 Å². The molecule has 1 aliphatic heterocycles. The molecular weight excluding hydrogens is 430 g/mol. The summed E-state index contributed by atoms with van der Waals surface area (Å²) in [6, 6.07) is 8.97. The second-order valence-corrected chi connectivity index (χ2v) is 7.94. The molecule has 9 nitrogen and oxygen atoms in total.